The van der Waals surface area contributed by atoms with E-state index in [9.17, 15) is 26.7 Å². The molecule has 0 bridgehead atoms. The molecule has 3 unspecified atom stereocenters. The highest BCUT2D eigenvalue weighted by atomic mass is 19.4. The summed E-state index contributed by atoms with van der Waals surface area (Å²) in [6.45, 7) is 4.40. The molecule has 3 atom stereocenters. The van der Waals surface area contributed by atoms with Gasteiger partial charge in [-0.2, -0.15) is 0 Å². The fraction of sp³-hybridized carbons (Fsp3) is 0.458. The lowest BCUT2D eigenvalue weighted by atomic mass is 10.0. The smallest absolute Gasteiger partial charge is 0.470 e. The molecule has 1 aliphatic rings. The summed E-state index contributed by atoms with van der Waals surface area (Å²) in [6.07, 6.45) is -4.72. The molecule has 186 valence electrons. The minimum absolute atomic E-state index is 0.0946. The van der Waals surface area contributed by atoms with Crippen LogP contribution in [0.4, 0.5) is 22.0 Å². The first-order valence-corrected chi connectivity index (χ1v) is 10.6. The molecule has 1 saturated carbocycles. The van der Waals surface area contributed by atoms with Gasteiger partial charge >= 0.3 is 12.3 Å². The molecule has 0 heterocycles. The Balaban J connectivity index is 1.74. The fourth-order valence-corrected chi connectivity index (χ4v) is 3.84. The van der Waals surface area contributed by atoms with Crippen LogP contribution in [0.25, 0.3) is 0 Å². The molecule has 0 amide bonds. The summed E-state index contributed by atoms with van der Waals surface area (Å²) in [6, 6.07) is 7.58. The van der Waals surface area contributed by atoms with Crippen molar-refractivity contribution in [2.75, 3.05) is 13.7 Å². The third-order valence-electron chi connectivity index (χ3n) is 5.50. The Morgan fingerprint density at radius 3 is 2.15 bits per heavy atom. The Kier molecular flexibility index (Phi) is 7.40. The largest absolute Gasteiger partial charge is 0.573 e. The van der Waals surface area contributed by atoms with Gasteiger partial charge in [-0.3, -0.25) is 0 Å². The number of carbonyl (C=O) groups excluding carboxylic acids is 1. The van der Waals surface area contributed by atoms with E-state index in [1.165, 1.54) is 45.2 Å². The molecule has 5 nitrogen and oxygen atoms in total. The first-order chi connectivity index (χ1) is 15.9. The number of halogens is 5. The molecule has 0 aliphatic heterocycles. The third kappa shape index (κ3) is 5.97. The van der Waals surface area contributed by atoms with Crippen LogP contribution in [0.5, 0.6) is 11.5 Å². The van der Waals surface area contributed by atoms with Crippen LogP contribution in [0, 0.1) is 17.6 Å². The van der Waals surface area contributed by atoms with Crippen molar-refractivity contribution in [2.45, 2.75) is 51.2 Å². The lowest BCUT2D eigenvalue weighted by Gasteiger charge is -2.24. The molecule has 0 aromatic heterocycles. The van der Waals surface area contributed by atoms with Crippen LogP contribution in [-0.2, 0) is 14.3 Å². The van der Waals surface area contributed by atoms with Crippen LogP contribution in [0.15, 0.2) is 36.4 Å². The van der Waals surface area contributed by atoms with Gasteiger partial charge in [0.05, 0.1) is 12.7 Å². The van der Waals surface area contributed by atoms with Crippen LogP contribution in [-0.4, -0.2) is 31.6 Å². The molecule has 0 spiro atoms. The maximum absolute atomic E-state index is 14.7. The van der Waals surface area contributed by atoms with Crippen LogP contribution in [0.1, 0.15) is 50.3 Å². The van der Waals surface area contributed by atoms with Gasteiger partial charge in [0.2, 0.25) is 0 Å². The summed E-state index contributed by atoms with van der Waals surface area (Å²) < 4.78 is 86.1. The lowest BCUT2D eigenvalue weighted by molar-refractivity contribution is -0.274. The highest BCUT2D eigenvalue weighted by molar-refractivity contribution is 5.79. The molecular weight excluding hydrogens is 463 g/mol. The minimum atomic E-state index is -4.79. The van der Waals surface area contributed by atoms with E-state index in [0.717, 1.165) is 12.1 Å². The van der Waals surface area contributed by atoms with Gasteiger partial charge < -0.3 is 18.9 Å². The molecule has 34 heavy (non-hydrogen) atoms. The van der Waals surface area contributed by atoms with Gasteiger partial charge in [0.25, 0.3) is 0 Å². The fourth-order valence-electron chi connectivity index (χ4n) is 3.84. The zero-order chi connectivity index (χ0) is 25.3. The van der Waals surface area contributed by atoms with Crippen molar-refractivity contribution < 1.29 is 45.7 Å². The summed E-state index contributed by atoms with van der Waals surface area (Å²) >= 11 is 0. The summed E-state index contributed by atoms with van der Waals surface area (Å²) in [5, 5.41) is 0. The highest BCUT2D eigenvalue weighted by Gasteiger charge is 2.46. The first-order valence-electron chi connectivity index (χ1n) is 10.6. The lowest BCUT2D eigenvalue weighted by Crippen LogP contribution is -2.40. The average molecular weight is 488 g/mol. The number of hydrogen-bond donors (Lipinski definition) is 0. The Hall–Kier alpha value is -2.88. The second kappa shape index (κ2) is 9.77. The summed E-state index contributed by atoms with van der Waals surface area (Å²) in [7, 11) is 1.45. The normalized spacial score (nSPS) is 18.9. The van der Waals surface area contributed by atoms with Crippen LogP contribution in [0.2, 0.25) is 0 Å². The molecule has 1 aliphatic carbocycles. The van der Waals surface area contributed by atoms with Gasteiger partial charge in [0.15, 0.2) is 23.0 Å². The number of hydrogen-bond acceptors (Lipinski definition) is 5. The van der Waals surface area contributed by atoms with Gasteiger partial charge in [-0.05, 0) is 74.4 Å². The van der Waals surface area contributed by atoms with Crippen molar-refractivity contribution in [3.05, 3.63) is 59.2 Å². The number of carbonyl (C=O) groups is 1. The van der Waals surface area contributed by atoms with Crippen LogP contribution >= 0.6 is 0 Å². The van der Waals surface area contributed by atoms with Crippen molar-refractivity contribution in [3.63, 3.8) is 0 Å². The standard InChI is InChI=1S/C24H25F5O5/c1-5-32-22(30)23(2,3)34-21-18(25)10-14(11-19(21)26)16-12-17(16)20(31-4)13-6-8-15(9-7-13)33-24(27,28)29/h6-11,16-17,20H,5,12H2,1-4H3. The van der Waals surface area contributed by atoms with Crippen LogP contribution in [0.3, 0.4) is 0 Å². The molecule has 0 saturated heterocycles. The monoisotopic (exact) mass is 488 g/mol. The minimum Gasteiger partial charge on any atom is -0.470 e. The molecule has 3 rings (SSSR count). The maximum Gasteiger partial charge on any atom is 0.573 e. The van der Waals surface area contributed by atoms with Gasteiger partial charge in [0, 0.05) is 7.11 Å². The zero-order valence-corrected chi connectivity index (χ0v) is 19.0. The number of alkyl halides is 3. The first kappa shape index (κ1) is 25.7. The maximum atomic E-state index is 14.7. The Morgan fingerprint density at radius 1 is 1.06 bits per heavy atom. The quantitative estimate of drug-likeness (QED) is 0.317. The number of methoxy groups -OCH3 is 1. The number of benzene rings is 2. The van der Waals surface area contributed by atoms with Crippen molar-refractivity contribution in [3.8, 4) is 11.5 Å². The molecule has 10 heteroatoms. The molecule has 0 radical (unpaired) electrons. The molecule has 0 N–H and O–H groups in total. The van der Waals surface area contributed by atoms with Gasteiger partial charge in [-0.1, -0.05) is 12.1 Å². The number of esters is 1. The second-order valence-electron chi connectivity index (χ2n) is 8.43. The predicted molar refractivity (Wildman–Crippen MR) is 111 cm³/mol. The molecular formula is C24H25F5O5. The number of rotatable bonds is 9. The van der Waals surface area contributed by atoms with Crippen molar-refractivity contribution >= 4 is 5.97 Å². The van der Waals surface area contributed by atoms with Crippen molar-refractivity contribution in [1.29, 1.82) is 0 Å². The van der Waals surface area contributed by atoms with E-state index in [2.05, 4.69) is 4.74 Å². The van der Waals surface area contributed by atoms with E-state index >= 15 is 0 Å². The Morgan fingerprint density at radius 2 is 1.65 bits per heavy atom. The molecule has 2 aromatic carbocycles. The third-order valence-corrected chi connectivity index (χ3v) is 5.50. The molecule has 2 aromatic rings. The number of ether oxygens (including phenoxy) is 4. The van der Waals surface area contributed by atoms with E-state index in [1.807, 2.05) is 0 Å². The van der Waals surface area contributed by atoms with Gasteiger partial charge in [-0.15, -0.1) is 13.2 Å². The van der Waals surface area contributed by atoms with Gasteiger partial charge in [-0.25, -0.2) is 13.6 Å². The summed E-state index contributed by atoms with van der Waals surface area (Å²) in [5.41, 5.74) is -0.591. The van der Waals surface area contributed by atoms with Crippen molar-refractivity contribution in [1.82, 2.24) is 0 Å². The predicted octanol–water partition coefficient (Wildman–Crippen LogP) is 6.08. The van der Waals surface area contributed by atoms with Crippen molar-refractivity contribution in [2.24, 2.45) is 5.92 Å². The molecule has 1 fully saturated rings. The average Bonchev–Trinajstić information content (AvgIpc) is 3.52. The Bertz CT molecular complexity index is 996. The van der Waals surface area contributed by atoms with E-state index in [4.69, 9.17) is 14.2 Å². The SMILES string of the molecule is CCOC(=O)C(C)(C)Oc1c(F)cc(C2CC2C(OC)c2ccc(OC(F)(F)F)cc2)cc1F. The topological polar surface area (TPSA) is 54.0 Å². The van der Waals surface area contributed by atoms with E-state index in [1.54, 1.807) is 6.92 Å². The summed E-state index contributed by atoms with van der Waals surface area (Å²) in [4.78, 5) is 12.0. The second-order valence-corrected chi connectivity index (χ2v) is 8.43. The van der Waals surface area contributed by atoms with Gasteiger partial charge in [0.1, 0.15) is 5.75 Å². The summed E-state index contributed by atoms with van der Waals surface area (Å²) in [5.74, 6) is -4.07. The van der Waals surface area contributed by atoms with E-state index < -0.39 is 41.4 Å². The Labute approximate surface area is 193 Å². The van der Waals surface area contributed by atoms with Crippen LogP contribution < -0.4 is 9.47 Å². The highest BCUT2D eigenvalue weighted by Crippen LogP contribution is 2.56. The van der Waals surface area contributed by atoms with E-state index in [-0.39, 0.29) is 24.2 Å². The zero-order valence-electron chi connectivity index (χ0n) is 19.0. The van der Waals surface area contributed by atoms with E-state index in [0.29, 0.717) is 17.5 Å².